The van der Waals surface area contributed by atoms with Gasteiger partial charge < -0.3 is 9.84 Å². The Morgan fingerprint density at radius 2 is 2.40 bits per heavy atom. The summed E-state index contributed by atoms with van der Waals surface area (Å²) in [6.45, 7) is 0. The Balaban J connectivity index is 2.32. The Morgan fingerprint density at radius 1 is 1.60 bits per heavy atom. The van der Waals surface area contributed by atoms with Gasteiger partial charge in [0.25, 0.3) is 0 Å². The maximum atomic E-state index is 10.7. The van der Waals surface area contributed by atoms with Crippen molar-refractivity contribution in [2.45, 2.75) is 0 Å². The number of carboxylic acids is 1. The SMILES string of the molecule is COc1cnn(-c2ccc(C(=O)O)s2)c1. The fourth-order valence-corrected chi connectivity index (χ4v) is 1.88. The van der Waals surface area contributed by atoms with E-state index in [0.717, 1.165) is 16.3 Å². The molecule has 0 amide bonds. The molecular formula is C9H8N2O3S. The summed E-state index contributed by atoms with van der Waals surface area (Å²) in [5.41, 5.74) is 0. The first-order chi connectivity index (χ1) is 7.20. The minimum Gasteiger partial charge on any atom is -0.493 e. The second-order valence-electron chi connectivity index (χ2n) is 2.77. The number of methoxy groups -OCH3 is 1. The molecule has 0 aliphatic heterocycles. The largest absolute Gasteiger partial charge is 0.493 e. The highest BCUT2D eigenvalue weighted by Gasteiger charge is 2.09. The first-order valence-electron chi connectivity index (χ1n) is 4.13. The van der Waals surface area contributed by atoms with Crippen molar-refractivity contribution in [3.63, 3.8) is 0 Å². The van der Waals surface area contributed by atoms with E-state index in [1.54, 1.807) is 36.3 Å². The van der Waals surface area contributed by atoms with Crippen molar-refractivity contribution in [1.29, 1.82) is 0 Å². The second-order valence-corrected chi connectivity index (χ2v) is 3.83. The summed E-state index contributed by atoms with van der Waals surface area (Å²) in [5.74, 6) is -0.286. The van der Waals surface area contributed by atoms with Crippen LogP contribution in [0.4, 0.5) is 0 Å². The molecule has 2 aromatic rings. The number of hydrogen-bond acceptors (Lipinski definition) is 4. The molecule has 0 atom stereocenters. The minimum absolute atomic E-state index is 0.291. The second kappa shape index (κ2) is 3.74. The summed E-state index contributed by atoms with van der Waals surface area (Å²) in [4.78, 5) is 11.0. The molecule has 0 fully saturated rings. The summed E-state index contributed by atoms with van der Waals surface area (Å²) in [5, 5.41) is 13.5. The van der Waals surface area contributed by atoms with Crippen LogP contribution >= 0.6 is 11.3 Å². The van der Waals surface area contributed by atoms with Gasteiger partial charge >= 0.3 is 5.97 Å². The zero-order chi connectivity index (χ0) is 10.8. The van der Waals surface area contributed by atoms with Gasteiger partial charge in [0.05, 0.1) is 19.5 Å². The number of ether oxygens (including phenoxy) is 1. The van der Waals surface area contributed by atoms with Crippen LogP contribution in [0.1, 0.15) is 9.67 Å². The van der Waals surface area contributed by atoms with Crippen molar-refractivity contribution in [2.75, 3.05) is 7.11 Å². The number of hydrogen-bond donors (Lipinski definition) is 1. The molecule has 15 heavy (non-hydrogen) atoms. The van der Waals surface area contributed by atoms with Crippen LogP contribution in [0.2, 0.25) is 0 Å². The highest BCUT2D eigenvalue weighted by Crippen LogP contribution is 2.21. The topological polar surface area (TPSA) is 64.4 Å². The normalized spacial score (nSPS) is 10.2. The maximum Gasteiger partial charge on any atom is 0.345 e. The van der Waals surface area contributed by atoms with E-state index in [4.69, 9.17) is 9.84 Å². The zero-order valence-corrected chi connectivity index (χ0v) is 8.69. The van der Waals surface area contributed by atoms with Crippen molar-refractivity contribution >= 4 is 17.3 Å². The van der Waals surface area contributed by atoms with Crippen LogP contribution < -0.4 is 4.74 Å². The smallest absolute Gasteiger partial charge is 0.345 e. The Bertz CT molecular complexity index is 489. The predicted octanol–water partition coefficient (Wildman–Crippen LogP) is 1.64. The quantitative estimate of drug-likeness (QED) is 0.860. The Morgan fingerprint density at radius 3 is 2.93 bits per heavy atom. The Labute approximate surface area is 89.5 Å². The fourth-order valence-electron chi connectivity index (χ4n) is 1.10. The molecule has 0 aliphatic carbocycles. The first kappa shape index (κ1) is 9.72. The number of aromatic nitrogens is 2. The molecule has 5 nitrogen and oxygen atoms in total. The lowest BCUT2D eigenvalue weighted by atomic mass is 10.5. The lowest BCUT2D eigenvalue weighted by Gasteiger charge is -1.93. The standard InChI is InChI=1S/C9H8N2O3S/c1-14-6-4-10-11(5-6)8-3-2-7(15-8)9(12)13/h2-5H,1H3,(H,12,13). The van der Waals surface area contributed by atoms with Crippen LogP contribution in [0.5, 0.6) is 5.75 Å². The van der Waals surface area contributed by atoms with Gasteiger partial charge in [-0.2, -0.15) is 5.10 Å². The van der Waals surface area contributed by atoms with Crippen molar-refractivity contribution in [3.05, 3.63) is 29.4 Å². The number of thiophene rings is 1. The molecule has 0 aliphatic rings. The summed E-state index contributed by atoms with van der Waals surface area (Å²) in [6.07, 6.45) is 3.26. The van der Waals surface area contributed by atoms with Crippen molar-refractivity contribution < 1.29 is 14.6 Å². The molecule has 2 aromatic heterocycles. The molecule has 0 bridgehead atoms. The van der Waals surface area contributed by atoms with E-state index < -0.39 is 5.97 Å². The van der Waals surface area contributed by atoms with Gasteiger partial charge in [-0.15, -0.1) is 11.3 Å². The molecule has 6 heteroatoms. The first-order valence-corrected chi connectivity index (χ1v) is 4.94. The van der Waals surface area contributed by atoms with Crippen molar-refractivity contribution in [2.24, 2.45) is 0 Å². The zero-order valence-electron chi connectivity index (χ0n) is 7.88. The molecular weight excluding hydrogens is 216 g/mol. The lowest BCUT2D eigenvalue weighted by Crippen LogP contribution is -1.91. The van der Waals surface area contributed by atoms with Gasteiger partial charge in [0.1, 0.15) is 9.88 Å². The van der Waals surface area contributed by atoms with Gasteiger partial charge in [0.2, 0.25) is 0 Å². The van der Waals surface area contributed by atoms with Crippen LogP contribution in [-0.4, -0.2) is 28.0 Å². The van der Waals surface area contributed by atoms with Gasteiger partial charge in [-0.05, 0) is 12.1 Å². The van der Waals surface area contributed by atoms with Crippen LogP contribution in [0, 0.1) is 0 Å². The van der Waals surface area contributed by atoms with Crippen molar-refractivity contribution in [3.8, 4) is 10.8 Å². The van der Waals surface area contributed by atoms with E-state index in [1.165, 1.54) is 0 Å². The molecule has 78 valence electrons. The molecule has 2 heterocycles. The number of nitrogens with zero attached hydrogens (tertiary/aromatic N) is 2. The van der Waals surface area contributed by atoms with Crippen LogP contribution in [0.25, 0.3) is 5.00 Å². The monoisotopic (exact) mass is 224 g/mol. The maximum absolute atomic E-state index is 10.7. The van der Waals surface area contributed by atoms with E-state index in [-0.39, 0.29) is 0 Å². The summed E-state index contributed by atoms with van der Waals surface area (Å²) in [7, 11) is 1.55. The van der Waals surface area contributed by atoms with E-state index in [2.05, 4.69) is 5.10 Å². The van der Waals surface area contributed by atoms with Crippen LogP contribution in [0.15, 0.2) is 24.5 Å². The molecule has 0 saturated carbocycles. The van der Waals surface area contributed by atoms with Gasteiger partial charge in [-0.1, -0.05) is 0 Å². The molecule has 2 rings (SSSR count). The minimum atomic E-state index is -0.926. The van der Waals surface area contributed by atoms with Gasteiger partial charge in [-0.3, -0.25) is 0 Å². The summed E-state index contributed by atoms with van der Waals surface area (Å²) in [6, 6.07) is 3.26. The highest BCUT2D eigenvalue weighted by molar-refractivity contribution is 7.16. The number of aromatic carboxylic acids is 1. The predicted molar refractivity (Wildman–Crippen MR) is 55.0 cm³/mol. The number of rotatable bonds is 3. The highest BCUT2D eigenvalue weighted by atomic mass is 32.1. The third-order valence-corrected chi connectivity index (χ3v) is 2.89. The Hall–Kier alpha value is -1.82. The molecule has 0 unspecified atom stereocenters. The molecule has 0 aromatic carbocycles. The third-order valence-electron chi connectivity index (χ3n) is 1.82. The van der Waals surface area contributed by atoms with E-state index in [1.807, 2.05) is 0 Å². The van der Waals surface area contributed by atoms with Crippen molar-refractivity contribution in [1.82, 2.24) is 9.78 Å². The average Bonchev–Trinajstić information content (AvgIpc) is 2.86. The summed E-state index contributed by atoms with van der Waals surface area (Å²) < 4.78 is 6.55. The van der Waals surface area contributed by atoms with Crippen LogP contribution in [0.3, 0.4) is 0 Å². The third kappa shape index (κ3) is 1.84. The molecule has 0 spiro atoms. The average molecular weight is 224 g/mol. The fraction of sp³-hybridized carbons (Fsp3) is 0.111. The molecule has 0 radical (unpaired) electrons. The van der Waals surface area contributed by atoms with E-state index in [0.29, 0.717) is 10.6 Å². The lowest BCUT2D eigenvalue weighted by molar-refractivity contribution is 0.0702. The van der Waals surface area contributed by atoms with Gasteiger partial charge in [-0.25, -0.2) is 9.48 Å². The number of carbonyl (C=O) groups is 1. The van der Waals surface area contributed by atoms with Gasteiger partial charge in [0.15, 0.2) is 5.75 Å². The summed E-state index contributed by atoms with van der Waals surface area (Å²) >= 11 is 1.16. The Kier molecular flexibility index (Phi) is 2.42. The molecule has 0 saturated heterocycles. The van der Waals surface area contributed by atoms with Crippen LogP contribution in [-0.2, 0) is 0 Å². The van der Waals surface area contributed by atoms with E-state index in [9.17, 15) is 4.79 Å². The number of carboxylic acid groups (broad SMARTS) is 1. The van der Waals surface area contributed by atoms with E-state index >= 15 is 0 Å². The van der Waals surface area contributed by atoms with Gasteiger partial charge in [0, 0.05) is 0 Å². The molecule has 1 N–H and O–H groups in total.